The van der Waals surface area contributed by atoms with Crippen LogP contribution >= 0.6 is 0 Å². The molecule has 0 atom stereocenters. The van der Waals surface area contributed by atoms with Gasteiger partial charge in [0.15, 0.2) is 0 Å². The molecule has 0 aliphatic carbocycles. The molecule has 1 N–H and O–H groups in total. The molecule has 4 nitrogen and oxygen atoms in total. The second-order valence-electron chi connectivity index (χ2n) is 6.16. The highest BCUT2D eigenvalue weighted by molar-refractivity contribution is 5.95. The molecule has 0 unspecified atom stereocenters. The number of carbonyl (C=O) groups is 2. The number of ether oxygens (including phenoxy) is 1. The fraction of sp³-hybridized carbons (Fsp3) is 0.600. The molecule has 0 aliphatic rings. The number of unbranched alkanes of at least 4 members (excludes halogenated alkanes) is 6. The Morgan fingerprint density at radius 1 is 1.00 bits per heavy atom. The van der Waals surface area contributed by atoms with Crippen LogP contribution in [0.15, 0.2) is 24.3 Å². The van der Waals surface area contributed by atoms with Crippen LogP contribution in [-0.4, -0.2) is 25.0 Å². The van der Waals surface area contributed by atoms with Gasteiger partial charge in [0, 0.05) is 12.1 Å². The zero-order valence-corrected chi connectivity index (χ0v) is 15.1. The Morgan fingerprint density at radius 2 is 1.67 bits per heavy atom. The molecule has 134 valence electrons. The highest BCUT2D eigenvalue weighted by Crippen LogP contribution is 2.07. The fourth-order valence-corrected chi connectivity index (χ4v) is 2.52. The standard InChI is InChI=1S/C20H31NO3/c1-3-4-5-6-7-8-11-16-24-19(22)14-15-21-20(23)18-13-10-9-12-17(18)2/h9-10,12-13H,3-8,11,14-16H2,1-2H3,(H,21,23). The molecular formula is C20H31NO3. The van der Waals surface area contributed by atoms with Crippen LogP contribution in [0.2, 0.25) is 0 Å². The quantitative estimate of drug-likeness (QED) is 0.455. The minimum atomic E-state index is -0.244. The zero-order chi connectivity index (χ0) is 17.6. The first-order valence-corrected chi connectivity index (χ1v) is 9.14. The first-order chi connectivity index (χ1) is 11.6. The average Bonchev–Trinajstić information content (AvgIpc) is 2.57. The highest BCUT2D eigenvalue weighted by atomic mass is 16.5. The van der Waals surface area contributed by atoms with Crippen molar-refractivity contribution < 1.29 is 14.3 Å². The molecule has 0 fully saturated rings. The van der Waals surface area contributed by atoms with Crippen molar-refractivity contribution in [2.45, 2.75) is 65.2 Å². The number of benzene rings is 1. The van der Waals surface area contributed by atoms with Crippen LogP contribution < -0.4 is 5.32 Å². The summed E-state index contributed by atoms with van der Waals surface area (Å²) >= 11 is 0. The van der Waals surface area contributed by atoms with Crippen molar-refractivity contribution in [3.05, 3.63) is 35.4 Å². The maximum absolute atomic E-state index is 12.0. The van der Waals surface area contributed by atoms with E-state index in [2.05, 4.69) is 12.2 Å². The Labute approximate surface area is 146 Å². The van der Waals surface area contributed by atoms with Gasteiger partial charge in [-0.2, -0.15) is 0 Å². The number of amides is 1. The van der Waals surface area contributed by atoms with E-state index in [1.807, 2.05) is 25.1 Å². The van der Waals surface area contributed by atoms with E-state index < -0.39 is 0 Å². The van der Waals surface area contributed by atoms with Crippen molar-refractivity contribution in [3.63, 3.8) is 0 Å². The third-order valence-corrected chi connectivity index (χ3v) is 4.02. The van der Waals surface area contributed by atoms with Gasteiger partial charge in [-0.15, -0.1) is 0 Å². The molecule has 0 spiro atoms. The van der Waals surface area contributed by atoms with Gasteiger partial charge >= 0.3 is 5.97 Å². The number of hydrogen-bond donors (Lipinski definition) is 1. The van der Waals surface area contributed by atoms with Gasteiger partial charge in [0.1, 0.15) is 0 Å². The Kier molecular flexibility index (Phi) is 10.6. The minimum Gasteiger partial charge on any atom is -0.466 e. The Balaban J connectivity index is 2.04. The molecule has 1 amide bonds. The molecule has 1 aromatic rings. The molecule has 0 saturated heterocycles. The first kappa shape index (κ1) is 20.2. The Bertz CT molecular complexity index is 499. The van der Waals surface area contributed by atoms with Crippen molar-refractivity contribution in [3.8, 4) is 0 Å². The number of hydrogen-bond acceptors (Lipinski definition) is 3. The number of aryl methyl sites for hydroxylation is 1. The van der Waals surface area contributed by atoms with Gasteiger partial charge in [-0.1, -0.05) is 63.6 Å². The Morgan fingerprint density at radius 3 is 2.38 bits per heavy atom. The number of rotatable bonds is 12. The number of esters is 1. The fourth-order valence-electron chi connectivity index (χ4n) is 2.52. The highest BCUT2D eigenvalue weighted by Gasteiger charge is 2.09. The molecule has 4 heteroatoms. The van der Waals surface area contributed by atoms with Crippen molar-refractivity contribution in [2.24, 2.45) is 0 Å². The summed E-state index contributed by atoms with van der Waals surface area (Å²) in [6.45, 7) is 4.90. The molecule has 1 rings (SSSR count). The van der Waals surface area contributed by atoms with Crippen LogP contribution in [0, 0.1) is 6.92 Å². The second-order valence-corrected chi connectivity index (χ2v) is 6.16. The monoisotopic (exact) mass is 333 g/mol. The van der Waals surface area contributed by atoms with E-state index in [9.17, 15) is 9.59 Å². The summed E-state index contributed by atoms with van der Waals surface area (Å²) in [5.41, 5.74) is 1.57. The van der Waals surface area contributed by atoms with E-state index >= 15 is 0 Å². The second kappa shape index (κ2) is 12.6. The first-order valence-electron chi connectivity index (χ1n) is 9.14. The minimum absolute atomic E-state index is 0.145. The summed E-state index contributed by atoms with van der Waals surface area (Å²) in [5, 5.41) is 2.76. The SMILES string of the molecule is CCCCCCCCCOC(=O)CCNC(=O)c1ccccc1C. The lowest BCUT2D eigenvalue weighted by Gasteiger charge is -2.08. The van der Waals surface area contributed by atoms with E-state index in [1.54, 1.807) is 6.07 Å². The lowest BCUT2D eigenvalue weighted by molar-refractivity contribution is -0.143. The predicted molar refractivity (Wildman–Crippen MR) is 97.1 cm³/mol. The molecule has 0 saturated carbocycles. The number of carbonyl (C=O) groups excluding carboxylic acids is 2. The summed E-state index contributed by atoms with van der Waals surface area (Å²) in [7, 11) is 0. The van der Waals surface area contributed by atoms with E-state index in [4.69, 9.17) is 4.74 Å². The van der Waals surface area contributed by atoms with Crippen LogP contribution in [0.1, 0.15) is 74.2 Å². The van der Waals surface area contributed by atoms with Gasteiger partial charge in [0.2, 0.25) is 0 Å². The van der Waals surface area contributed by atoms with Crippen molar-refractivity contribution >= 4 is 11.9 Å². The smallest absolute Gasteiger partial charge is 0.307 e. The third-order valence-electron chi connectivity index (χ3n) is 4.02. The van der Waals surface area contributed by atoms with Gasteiger partial charge < -0.3 is 10.1 Å². The summed E-state index contributed by atoms with van der Waals surface area (Å²) < 4.78 is 5.19. The topological polar surface area (TPSA) is 55.4 Å². The van der Waals surface area contributed by atoms with Gasteiger partial charge in [-0.3, -0.25) is 9.59 Å². The van der Waals surface area contributed by atoms with Crippen LogP contribution in [0.25, 0.3) is 0 Å². The van der Waals surface area contributed by atoms with Crippen LogP contribution in [-0.2, 0) is 9.53 Å². The molecular weight excluding hydrogens is 302 g/mol. The molecule has 0 aliphatic heterocycles. The van der Waals surface area contributed by atoms with Crippen molar-refractivity contribution in [1.82, 2.24) is 5.32 Å². The molecule has 0 radical (unpaired) electrons. The maximum atomic E-state index is 12.0. The average molecular weight is 333 g/mol. The lowest BCUT2D eigenvalue weighted by atomic mass is 10.1. The third kappa shape index (κ3) is 8.70. The van der Waals surface area contributed by atoms with Crippen LogP contribution in [0.5, 0.6) is 0 Å². The Hall–Kier alpha value is -1.84. The van der Waals surface area contributed by atoms with Crippen LogP contribution in [0.3, 0.4) is 0 Å². The summed E-state index contributed by atoms with van der Waals surface area (Å²) in [5.74, 6) is -0.390. The largest absolute Gasteiger partial charge is 0.466 e. The molecule has 1 aromatic carbocycles. The molecule has 0 bridgehead atoms. The number of nitrogens with one attached hydrogen (secondary N) is 1. The van der Waals surface area contributed by atoms with E-state index in [0.29, 0.717) is 18.7 Å². The van der Waals surface area contributed by atoms with Gasteiger partial charge in [-0.25, -0.2) is 0 Å². The summed E-state index contributed by atoms with van der Waals surface area (Å²) in [6, 6.07) is 7.40. The molecule has 0 aromatic heterocycles. The van der Waals surface area contributed by atoms with Crippen molar-refractivity contribution in [1.29, 1.82) is 0 Å². The molecule has 24 heavy (non-hydrogen) atoms. The summed E-state index contributed by atoms with van der Waals surface area (Å²) in [4.78, 5) is 23.6. The normalized spacial score (nSPS) is 10.4. The lowest BCUT2D eigenvalue weighted by Crippen LogP contribution is -2.27. The van der Waals surface area contributed by atoms with E-state index in [1.165, 1.54) is 32.1 Å². The van der Waals surface area contributed by atoms with E-state index in [-0.39, 0.29) is 18.3 Å². The maximum Gasteiger partial charge on any atom is 0.307 e. The molecule has 0 heterocycles. The van der Waals surface area contributed by atoms with Crippen LogP contribution in [0.4, 0.5) is 0 Å². The summed E-state index contributed by atoms with van der Waals surface area (Å²) in [6.07, 6.45) is 8.61. The predicted octanol–water partition coefficient (Wildman–Crippen LogP) is 4.41. The van der Waals surface area contributed by atoms with Gasteiger partial charge in [-0.05, 0) is 25.0 Å². The van der Waals surface area contributed by atoms with Gasteiger partial charge in [0.25, 0.3) is 5.91 Å². The van der Waals surface area contributed by atoms with Crippen molar-refractivity contribution in [2.75, 3.05) is 13.2 Å². The van der Waals surface area contributed by atoms with Gasteiger partial charge in [0.05, 0.1) is 13.0 Å². The zero-order valence-electron chi connectivity index (χ0n) is 15.1. The van der Waals surface area contributed by atoms with E-state index in [0.717, 1.165) is 18.4 Å².